The number of aliphatic hydroxyl groups is 5. The molecule has 0 aromatic heterocycles. The van der Waals surface area contributed by atoms with Gasteiger partial charge < -0.3 is 65.5 Å². The summed E-state index contributed by atoms with van der Waals surface area (Å²) in [4.78, 5) is 25.1. The van der Waals surface area contributed by atoms with Crippen LogP contribution in [-0.2, 0) is 25.5 Å². The highest BCUT2D eigenvalue weighted by Gasteiger charge is 2.55. The van der Waals surface area contributed by atoms with E-state index in [0.717, 1.165) is 25.1 Å². The van der Waals surface area contributed by atoms with Crippen molar-refractivity contribution in [2.45, 2.75) is 68.2 Å². The molecule has 15 nitrogen and oxygen atoms in total. The Kier molecular flexibility index (Phi) is 8.49. The van der Waals surface area contributed by atoms with Crippen molar-refractivity contribution in [1.82, 2.24) is 5.32 Å². The largest absolute Gasteiger partial charge is 0.508 e. The lowest BCUT2D eigenvalue weighted by Gasteiger charge is -2.45. The number of fused-ring (bicyclic) bond motifs is 1. The zero-order valence-corrected chi connectivity index (χ0v) is 21.6. The Balaban J connectivity index is 1.66. The number of amides is 1. The summed E-state index contributed by atoms with van der Waals surface area (Å²) in [5.41, 5.74) is 0.315. The molecule has 2 unspecified atom stereocenters. The van der Waals surface area contributed by atoms with Crippen molar-refractivity contribution >= 4 is 11.9 Å². The Morgan fingerprint density at radius 3 is 2.44 bits per heavy atom. The number of benzene rings is 2. The monoisotopic (exact) mass is 581 g/mol. The second kappa shape index (κ2) is 11.6. The molecular weight excluding hydrogens is 550 g/mol. The van der Waals surface area contributed by atoms with Gasteiger partial charge in [0.1, 0.15) is 41.7 Å². The molecule has 224 valence electrons. The number of esters is 1. The smallest absolute Gasteiger partial charge is 0.367 e. The number of aliphatic hydroxyl groups excluding tert-OH is 4. The number of phenolic OH excluding ortho intramolecular Hbond substituents is 4. The van der Waals surface area contributed by atoms with Crippen molar-refractivity contribution in [2.24, 2.45) is 0 Å². The van der Waals surface area contributed by atoms with E-state index >= 15 is 0 Å². The second-order valence-corrected chi connectivity index (χ2v) is 9.98. The SMILES string of the molecule is CC(=O)N[C@H]1[C@H]([C@H](O)[C@H](O)CO)O[C@](O)(C(=O)OC2Cc3c(O)cc(O)cc3OC2c2ccc(O)c(O)c2)C[C@@H]1O. The minimum absolute atomic E-state index is 0.0229. The number of ether oxygens (including phenoxy) is 3. The first-order chi connectivity index (χ1) is 19.2. The molecule has 0 bridgehead atoms. The van der Waals surface area contributed by atoms with Crippen LogP contribution >= 0.6 is 0 Å². The third-order valence-electron chi connectivity index (χ3n) is 6.95. The van der Waals surface area contributed by atoms with Gasteiger partial charge in [-0.25, -0.2) is 4.79 Å². The lowest BCUT2D eigenvalue weighted by molar-refractivity contribution is -0.300. The molecule has 0 aliphatic carbocycles. The quantitative estimate of drug-likeness (QED) is 0.127. The molecular formula is C26H31NO14. The first-order valence-electron chi connectivity index (χ1n) is 12.5. The lowest BCUT2D eigenvalue weighted by Crippen LogP contribution is -2.67. The van der Waals surface area contributed by atoms with Gasteiger partial charge in [-0.15, -0.1) is 0 Å². The average molecular weight is 582 g/mol. The van der Waals surface area contributed by atoms with Crippen LogP contribution in [0.3, 0.4) is 0 Å². The normalized spacial score (nSPS) is 29.0. The van der Waals surface area contributed by atoms with Crippen molar-refractivity contribution < 1.29 is 69.8 Å². The fourth-order valence-electron chi connectivity index (χ4n) is 4.91. The number of nitrogens with one attached hydrogen (secondary N) is 1. The summed E-state index contributed by atoms with van der Waals surface area (Å²) in [7, 11) is 0. The lowest BCUT2D eigenvalue weighted by atomic mass is 9.88. The molecule has 2 heterocycles. The number of hydrogen-bond donors (Lipinski definition) is 10. The van der Waals surface area contributed by atoms with Gasteiger partial charge in [0.15, 0.2) is 17.6 Å². The molecule has 4 rings (SSSR count). The molecule has 1 fully saturated rings. The number of aromatic hydroxyl groups is 4. The number of rotatable bonds is 7. The van der Waals surface area contributed by atoms with Crippen LogP contribution < -0.4 is 10.1 Å². The van der Waals surface area contributed by atoms with Crippen molar-refractivity contribution in [3.63, 3.8) is 0 Å². The van der Waals surface area contributed by atoms with Gasteiger partial charge in [0.05, 0.1) is 18.8 Å². The second-order valence-electron chi connectivity index (χ2n) is 9.98. The van der Waals surface area contributed by atoms with Crippen molar-refractivity contribution in [3.05, 3.63) is 41.5 Å². The Morgan fingerprint density at radius 2 is 1.80 bits per heavy atom. The maximum Gasteiger partial charge on any atom is 0.367 e. The van der Waals surface area contributed by atoms with Crippen LogP contribution in [0.15, 0.2) is 30.3 Å². The standard InChI is InChI=1S/C26H31NO14/c1-10(29)27-21-17(34)8-26(38,41-24(21)22(36)18(35)9-28)25(37)40-20-7-13-15(32)5-12(30)6-19(13)39-23(20)11-2-3-14(31)16(33)4-11/h2-6,17-18,20-24,28,30-36,38H,7-9H2,1H3,(H,27,29)/t17-,18+,20?,21+,22+,23?,24+,26-/m0/s1. The van der Waals surface area contributed by atoms with Crippen LogP contribution in [0.5, 0.6) is 28.7 Å². The van der Waals surface area contributed by atoms with Gasteiger partial charge in [-0.05, 0) is 12.1 Å². The van der Waals surface area contributed by atoms with Crippen LogP contribution in [0.1, 0.15) is 30.6 Å². The van der Waals surface area contributed by atoms with E-state index in [2.05, 4.69) is 5.32 Å². The summed E-state index contributed by atoms with van der Waals surface area (Å²) < 4.78 is 16.8. The van der Waals surface area contributed by atoms with Crippen molar-refractivity contribution in [3.8, 4) is 28.7 Å². The van der Waals surface area contributed by atoms with E-state index < -0.39 is 90.6 Å². The van der Waals surface area contributed by atoms with E-state index in [1.807, 2.05) is 0 Å². The summed E-state index contributed by atoms with van der Waals surface area (Å²) in [6, 6.07) is 4.46. The van der Waals surface area contributed by atoms with Crippen LogP contribution in [-0.4, -0.2) is 107 Å². The number of phenols is 4. The van der Waals surface area contributed by atoms with Gasteiger partial charge in [-0.3, -0.25) is 4.79 Å². The van der Waals surface area contributed by atoms with Gasteiger partial charge in [-0.2, -0.15) is 0 Å². The van der Waals surface area contributed by atoms with Crippen LogP contribution in [0.2, 0.25) is 0 Å². The maximum atomic E-state index is 13.4. The Hall–Kier alpha value is -3.86. The fraction of sp³-hybridized carbons (Fsp3) is 0.462. The van der Waals surface area contributed by atoms with Crippen molar-refractivity contribution in [1.29, 1.82) is 0 Å². The summed E-state index contributed by atoms with van der Waals surface area (Å²) in [6.45, 7) is 0.150. The van der Waals surface area contributed by atoms with Gasteiger partial charge in [0, 0.05) is 43.0 Å². The zero-order valence-electron chi connectivity index (χ0n) is 21.6. The molecule has 8 atom stereocenters. The molecule has 0 saturated carbocycles. The van der Waals surface area contributed by atoms with Gasteiger partial charge in [-0.1, -0.05) is 6.07 Å². The highest BCUT2D eigenvalue weighted by molar-refractivity contribution is 5.78. The molecule has 0 spiro atoms. The molecule has 2 aromatic carbocycles. The fourth-order valence-corrected chi connectivity index (χ4v) is 4.91. The molecule has 1 amide bonds. The third-order valence-corrected chi connectivity index (χ3v) is 6.95. The molecule has 2 aliphatic rings. The Bertz CT molecular complexity index is 1300. The Labute approximate surface area is 232 Å². The Morgan fingerprint density at radius 1 is 1.10 bits per heavy atom. The van der Waals surface area contributed by atoms with Gasteiger partial charge >= 0.3 is 5.97 Å². The van der Waals surface area contributed by atoms with E-state index in [-0.39, 0.29) is 29.0 Å². The predicted molar refractivity (Wildman–Crippen MR) is 134 cm³/mol. The first-order valence-corrected chi connectivity index (χ1v) is 12.5. The molecule has 2 aliphatic heterocycles. The van der Waals surface area contributed by atoms with Crippen LogP contribution in [0.4, 0.5) is 0 Å². The minimum Gasteiger partial charge on any atom is -0.508 e. The van der Waals surface area contributed by atoms with E-state index in [0.29, 0.717) is 0 Å². The highest BCUT2D eigenvalue weighted by Crippen LogP contribution is 2.44. The molecule has 15 heteroatoms. The van der Waals surface area contributed by atoms with Crippen molar-refractivity contribution in [2.75, 3.05) is 6.61 Å². The molecule has 0 radical (unpaired) electrons. The maximum absolute atomic E-state index is 13.4. The van der Waals surface area contributed by atoms with E-state index in [9.17, 15) is 55.5 Å². The number of hydrogen-bond acceptors (Lipinski definition) is 14. The summed E-state index contributed by atoms with van der Waals surface area (Å²) in [5, 5.41) is 93.9. The first kappa shape index (κ1) is 30.1. The zero-order chi connectivity index (χ0) is 30.2. The van der Waals surface area contributed by atoms with Gasteiger partial charge in [0.2, 0.25) is 5.91 Å². The molecule has 2 aromatic rings. The van der Waals surface area contributed by atoms with Crippen LogP contribution in [0.25, 0.3) is 0 Å². The molecule has 41 heavy (non-hydrogen) atoms. The third kappa shape index (κ3) is 6.09. The average Bonchev–Trinajstić information content (AvgIpc) is 2.90. The summed E-state index contributed by atoms with van der Waals surface area (Å²) in [5.74, 6) is -6.75. The summed E-state index contributed by atoms with van der Waals surface area (Å²) >= 11 is 0. The topological polar surface area (TPSA) is 256 Å². The van der Waals surface area contributed by atoms with E-state index in [4.69, 9.17) is 14.2 Å². The number of carbonyl (C=O) groups excluding carboxylic acids is 2. The van der Waals surface area contributed by atoms with E-state index in [1.54, 1.807) is 0 Å². The number of carbonyl (C=O) groups is 2. The van der Waals surface area contributed by atoms with Gasteiger partial charge in [0.25, 0.3) is 5.79 Å². The van der Waals surface area contributed by atoms with E-state index in [1.165, 1.54) is 12.1 Å². The molecule has 1 saturated heterocycles. The minimum atomic E-state index is -2.94. The summed E-state index contributed by atoms with van der Waals surface area (Å²) in [6.07, 6.45) is -10.9. The molecule has 10 N–H and O–H groups in total. The highest BCUT2D eigenvalue weighted by atomic mass is 16.7. The van der Waals surface area contributed by atoms with Crippen LogP contribution in [0, 0.1) is 0 Å². The predicted octanol–water partition coefficient (Wildman–Crippen LogP) is -1.85.